The van der Waals surface area contributed by atoms with Crippen molar-refractivity contribution in [1.82, 2.24) is 0 Å². The van der Waals surface area contributed by atoms with Crippen molar-refractivity contribution in [2.24, 2.45) is 0 Å². The third kappa shape index (κ3) is 5.02. The lowest BCUT2D eigenvalue weighted by Gasteiger charge is -2.47. The second-order valence-corrected chi connectivity index (χ2v) is 9.90. The molecule has 0 aliphatic heterocycles. The fourth-order valence-corrected chi connectivity index (χ4v) is 3.57. The lowest BCUT2D eigenvalue weighted by molar-refractivity contribution is -0.479. The van der Waals surface area contributed by atoms with Gasteiger partial charge in [0.15, 0.2) is 0 Å². The van der Waals surface area contributed by atoms with Crippen molar-refractivity contribution in [2.75, 3.05) is 0 Å². The molecule has 0 spiro atoms. The number of hydrogen-bond donors (Lipinski definition) is 1. The molecule has 3 nitrogen and oxygen atoms in total. The Bertz CT molecular complexity index is 1290. The maximum Gasteiger partial charge on any atom is 0.460 e. The Morgan fingerprint density at radius 1 is 0.255 bits per heavy atom. The summed E-state index contributed by atoms with van der Waals surface area (Å²) in [6, 6.07) is 0. The summed E-state index contributed by atoms with van der Waals surface area (Å²) in [6.45, 7) is 0. The molecule has 0 rings (SSSR count). The molecular weight excluding hydrogens is 799 g/mol. The summed E-state index contributed by atoms with van der Waals surface area (Å²) in [5.74, 6) is -107. The van der Waals surface area contributed by atoms with E-state index in [1.807, 2.05) is 0 Å². The average Bonchev–Trinajstić information content (AvgIpc) is 2.79. The van der Waals surface area contributed by atoms with Crippen molar-refractivity contribution in [2.45, 2.75) is 82.5 Å². The standard InChI is InChI=1S/C14HF29O3S/c15-1(16,3(19,20)5(23,24)7(27,28)10(33,34)13(38,39)40)2(17,18)4(21,22)6(25,26)8(29,30)12(37,47(44,45)46)9(31,32)11(35,36)14(41,42)43/h(H,44,45,46). The summed E-state index contributed by atoms with van der Waals surface area (Å²) in [6.07, 6.45) is -16.8. The van der Waals surface area contributed by atoms with Gasteiger partial charge in [-0.05, 0) is 0 Å². The molecule has 0 fully saturated rings. The number of halogens is 29. The molecule has 0 amide bonds. The maximum absolute atomic E-state index is 14.3. The zero-order chi connectivity index (χ0) is 39.5. The third-order valence-corrected chi connectivity index (χ3v) is 6.65. The molecule has 0 saturated carbocycles. The van der Waals surface area contributed by atoms with Crippen molar-refractivity contribution < 1.29 is 140 Å². The Balaban J connectivity index is 7.97. The van der Waals surface area contributed by atoms with Crippen LogP contribution in [0.25, 0.3) is 0 Å². The van der Waals surface area contributed by atoms with Crippen molar-refractivity contribution >= 4 is 10.1 Å². The largest absolute Gasteiger partial charge is 0.460 e. The summed E-state index contributed by atoms with van der Waals surface area (Å²) in [5, 5.41) is -9.61. The van der Waals surface area contributed by atoms with Crippen LogP contribution in [0.5, 0.6) is 0 Å². The van der Waals surface area contributed by atoms with E-state index >= 15 is 0 Å². The molecule has 0 radical (unpaired) electrons. The van der Waals surface area contributed by atoms with Gasteiger partial charge in [0.05, 0.1) is 0 Å². The fraction of sp³-hybridized carbons (Fsp3) is 1.00. The van der Waals surface area contributed by atoms with Gasteiger partial charge >= 0.3 is 92.6 Å². The average molecular weight is 800 g/mol. The molecule has 0 bridgehead atoms. The molecule has 1 atom stereocenters. The highest BCUT2D eigenvalue weighted by Crippen LogP contribution is 2.69. The van der Waals surface area contributed by atoms with Crippen molar-refractivity contribution in [1.29, 1.82) is 0 Å². The van der Waals surface area contributed by atoms with Crippen molar-refractivity contribution in [3.05, 3.63) is 0 Å². The van der Waals surface area contributed by atoms with Crippen LogP contribution in [0.1, 0.15) is 0 Å². The summed E-state index contributed by atoms with van der Waals surface area (Å²) >= 11 is 0. The lowest BCUT2D eigenvalue weighted by Crippen LogP contribution is -2.80. The van der Waals surface area contributed by atoms with Gasteiger partial charge in [-0.15, -0.1) is 0 Å². The van der Waals surface area contributed by atoms with Crippen LogP contribution in [0.15, 0.2) is 0 Å². The molecule has 0 aromatic heterocycles. The zero-order valence-electron chi connectivity index (χ0n) is 19.6. The van der Waals surface area contributed by atoms with E-state index in [-0.39, 0.29) is 0 Å². The topological polar surface area (TPSA) is 54.4 Å². The monoisotopic (exact) mass is 800 g/mol. The third-order valence-electron chi connectivity index (χ3n) is 5.42. The SMILES string of the molecule is O=S(=O)(O)C(F)(C(F)(F)C(F)(F)C(F)(F)F)C(F)(F)C(F)(F)C(F)(F)C(F)(F)C(F)(F)C(F)(F)C(F)(F)C(F)(F)C(F)(F)C(F)(F)F. The molecule has 33 heteroatoms. The highest BCUT2D eigenvalue weighted by Gasteiger charge is 3.02. The van der Waals surface area contributed by atoms with Gasteiger partial charge in [-0.3, -0.25) is 4.55 Å². The molecule has 0 aromatic rings. The molecule has 0 saturated heterocycles. The van der Waals surface area contributed by atoms with Crippen LogP contribution >= 0.6 is 0 Å². The van der Waals surface area contributed by atoms with E-state index < -0.39 is 92.6 Å². The van der Waals surface area contributed by atoms with Gasteiger partial charge < -0.3 is 0 Å². The Labute approximate surface area is 234 Å². The first-order chi connectivity index (χ1) is 19.5. The molecular formula is C14HF29O3S. The Hall–Kier alpha value is -2.12. The van der Waals surface area contributed by atoms with E-state index in [0.717, 1.165) is 0 Å². The van der Waals surface area contributed by atoms with Crippen molar-refractivity contribution in [3.8, 4) is 0 Å². The quantitative estimate of drug-likeness (QED) is 0.159. The second kappa shape index (κ2) is 10.4. The van der Waals surface area contributed by atoms with Crippen LogP contribution in [0, 0.1) is 0 Å². The van der Waals surface area contributed by atoms with Gasteiger partial charge in [0.2, 0.25) is 0 Å². The molecule has 0 aliphatic carbocycles. The first kappa shape index (κ1) is 44.9. The Kier molecular flexibility index (Phi) is 9.98. The van der Waals surface area contributed by atoms with Crippen LogP contribution in [0.4, 0.5) is 127 Å². The van der Waals surface area contributed by atoms with Crippen LogP contribution in [-0.4, -0.2) is 95.5 Å². The highest BCUT2D eigenvalue weighted by atomic mass is 32.2. The summed E-state index contributed by atoms with van der Waals surface area (Å²) in [5.41, 5.74) is 0. The molecule has 47 heavy (non-hydrogen) atoms. The van der Waals surface area contributed by atoms with Crippen molar-refractivity contribution in [3.63, 3.8) is 0 Å². The minimum absolute atomic E-state index is 8.05. The van der Waals surface area contributed by atoms with Gasteiger partial charge in [0, 0.05) is 0 Å². The maximum atomic E-state index is 14.3. The first-order valence-electron chi connectivity index (χ1n) is 9.45. The van der Waals surface area contributed by atoms with E-state index in [1.165, 1.54) is 0 Å². The fourth-order valence-electron chi connectivity index (χ4n) is 2.66. The Morgan fingerprint density at radius 2 is 0.383 bits per heavy atom. The molecule has 0 heterocycles. The number of rotatable bonds is 12. The summed E-state index contributed by atoms with van der Waals surface area (Å²) < 4.78 is 413. The highest BCUT2D eigenvalue weighted by molar-refractivity contribution is 7.87. The van der Waals surface area contributed by atoms with Gasteiger partial charge in [-0.2, -0.15) is 131 Å². The van der Waals surface area contributed by atoms with E-state index in [9.17, 15) is 136 Å². The molecule has 0 aromatic carbocycles. The lowest BCUT2D eigenvalue weighted by atomic mass is 9.84. The number of alkyl halides is 29. The number of hydrogen-bond acceptors (Lipinski definition) is 2. The second-order valence-electron chi connectivity index (χ2n) is 8.38. The molecule has 0 aliphatic rings. The van der Waals surface area contributed by atoms with E-state index in [2.05, 4.69) is 0 Å². The molecule has 1 unspecified atom stereocenters. The minimum Gasteiger partial charge on any atom is -0.283 e. The molecule has 1 N–H and O–H groups in total. The van der Waals surface area contributed by atoms with Gasteiger partial charge in [0.1, 0.15) is 0 Å². The van der Waals surface area contributed by atoms with Crippen LogP contribution in [-0.2, 0) is 10.1 Å². The normalized spacial score (nSPS) is 18.3. The zero-order valence-corrected chi connectivity index (χ0v) is 20.4. The molecule has 284 valence electrons. The van der Waals surface area contributed by atoms with Gasteiger partial charge in [0.25, 0.3) is 0 Å². The minimum atomic E-state index is -10.1. The van der Waals surface area contributed by atoms with E-state index in [1.54, 1.807) is 0 Å². The Morgan fingerprint density at radius 3 is 0.553 bits per heavy atom. The predicted octanol–water partition coefficient (Wildman–Crippen LogP) is 8.65. The smallest absolute Gasteiger partial charge is 0.283 e. The first-order valence-corrected chi connectivity index (χ1v) is 10.9. The van der Waals surface area contributed by atoms with Crippen LogP contribution in [0.3, 0.4) is 0 Å². The van der Waals surface area contributed by atoms with Crippen LogP contribution < -0.4 is 0 Å². The van der Waals surface area contributed by atoms with E-state index in [4.69, 9.17) is 4.55 Å². The summed E-state index contributed by atoms with van der Waals surface area (Å²) in [4.78, 5) is 0. The van der Waals surface area contributed by atoms with Crippen LogP contribution in [0.2, 0.25) is 0 Å². The van der Waals surface area contributed by atoms with Gasteiger partial charge in [-0.1, -0.05) is 0 Å². The van der Waals surface area contributed by atoms with E-state index in [0.29, 0.717) is 0 Å². The predicted molar refractivity (Wildman–Crippen MR) is 81.9 cm³/mol. The van der Waals surface area contributed by atoms with Gasteiger partial charge in [-0.25, -0.2) is 4.39 Å². The summed E-state index contributed by atoms with van der Waals surface area (Å²) in [7, 11) is -9.50.